The normalized spacial score (nSPS) is 18.8. The van der Waals surface area contributed by atoms with Crippen molar-refractivity contribution >= 4 is 17.5 Å². The Morgan fingerprint density at radius 2 is 2.00 bits per heavy atom. The minimum Gasteiger partial charge on any atom is -0.376 e. The molecule has 0 bridgehead atoms. The van der Waals surface area contributed by atoms with Crippen molar-refractivity contribution in [2.24, 2.45) is 0 Å². The molecule has 1 aromatic heterocycles. The number of benzene rings is 1. The summed E-state index contributed by atoms with van der Waals surface area (Å²) in [6.45, 7) is 1.84. The Bertz CT molecular complexity index is 789. The van der Waals surface area contributed by atoms with E-state index in [1.807, 2.05) is 0 Å². The molecule has 0 fully saturated rings. The molecule has 2 atom stereocenters. The summed E-state index contributed by atoms with van der Waals surface area (Å²) in [7, 11) is 0. The summed E-state index contributed by atoms with van der Waals surface area (Å²) in [5, 5.41) is 14.1. The van der Waals surface area contributed by atoms with E-state index < -0.39 is 18.2 Å². The van der Waals surface area contributed by atoms with Gasteiger partial charge in [0.25, 0.3) is 5.91 Å². The molecule has 0 aliphatic carbocycles. The van der Waals surface area contributed by atoms with Gasteiger partial charge in [0.1, 0.15) is 0 Å². The van der Waals surface area contributed by atoms with E-state index >= 15 is 0 Å². The van der Waals surface area contributed by atoms with Gasteiger partial charge >= 0.3 is 6.18 Å². The number of nitrogens with zero attached hydrogens (tertiary/aromatic N) is 3. The Kier molecular flexibility index (Phi) is 4.51. The van der Waals surface area contributed by atoms with E-state index in [0.717, 1.165) is 16.3 Å². The second-order valence-electron chi connectivity index (χ2n) is 6.01. The molecule has 25 heavy (non-hydrogen) atoms. The number of carbonyl (C=O) groups excluding carboxylic acids is 1. The van der Waals surface area contributed by atoms with Crippen molar-refractivity contribution in [3.05, 3.63) is 46.7 Å². The maximum Gasteiger partial charge on any atom is 0.423 e. The Balaban J connectivity index is 1.88. The highest BCUT2D eigenvalue weighted by molar-refractivity contribution is 6.30. The van der Waals surface area contributed by atoms with Gasteiger partial charge in [0.05, 0.1) is 17.6 Å². The van der Waals surface area contributed by atoms with Gasteiger partial charge in [-0.2, -0.15) is 18.3 Å². The van der Waals surface area contributed by atoms with Crippen LogP contribution in [0.3, 0.4) is 0 Å². The number of hydrogen-bond acceptors (Lipinski definition) is 3. The highest BCUT2D eigenvalue weighted by Gasteiger charge is 2.46. The van der Waals surface area contributed by atoms with Crippen LogP contribution >= 0.6 is 11.6 Å². The molecule has 1 aliphatic rings. The van der Waals surface area contributed by atoms with Crippen molar-refractivity contribution in [1.82, 2.24) is 14.7 Å². The fourth-order valence-corrected chi connectivity index (χ4v) is 3.12. The molecule has 2 unspecified atom stereocenters. The Morgan fingerprint density at radius 1 is 1.36 bits per heavy atom. The van der Waals surface area contributed by atoms with Crippen LogP contribution in [0.2, 0.25) is 5.02 Å². The van der Waals surface area contributed by atoms with Crippen molar-refractivity contribution in [3.63, 3.8) is 0 Å². The van der Waals surface area contributed by atoms with Gasteiger partial charge in [-0.15, -0.1) is 0 Å². The first kappa shape index (κ1) is 17.8. The first-order valence-electron chi connectivity index (χ1n) is 7.54. The van der Waals surface area contributed by atoms with Crippen molar-refractivity contribution in [3.8, 4) is 5.69 Å². The van der Waals surface area contributed by atoms with E-state index in [9.17, 15) is 23.1 Å². The summed E-state index contributed by atoms with van der Waals surface area (Å²) in [4.78, 5) is 12.9. The third-order valence-corrected chi connectivity index (χ3v) is 4.39. The predicted octanol–water partition coefficient (Wildman–Crippen LogP) is 2.89. The van der Waals surface area contributed by atoms with Gasteiger partial charge in [0.2, 0.25) is 6.10 Å². The molecule has 9 heteroatoms. The van der Waals surface area contributed by atoms with Crippen molar-refractivity contribution in [2.45, 2.75) is 31.7 Å². The third kappa shape index (κ3) is 3.36. The smallest absolute Gasteiger partial charge is 0.376 e. The summed E-state index contributed by atoms with van der Waals surface area (Å²) in [6, 6.07) is 7.00. The average molecular weight is 374 g/mol. The van der Waals surface area contributed by atoms with E-state index in [0.29, 0.717) is 10.6 Å². The molecule has 0 radical (unpaired) electrons. The number of aliphatic hydroxyl groups excluding tert-OH is 1. The molecule has 3 rings (SSSR count). The molecule has 1 aromatic carbocycles. The van der Waals surface area contributed by atoms with Crippen LogP contribution in [0.5, 0.6) is 0 Å². The zero-order valence-corrected chi connectivity index (χ0v) is 13.9. The molecule has 1 N–H and O–H groups in total. The molecular formula is C16H15ClF3N3O2. The lowest BCUT2D eigenvalue weighted by Gasteiger charge is -2.33. The number of carbonyl (C=O) groups is 1. The van der Waals surface area contributed by atoms with Gasteiger partial charge < -0.3 is 10.0 Å². The molecule has 1 amide bonds. The Hall–Kier alpha value is -2.06. The van der Waals surface area contributed by atoms with Crippen molar-refractivity contribution in [1.29, 1.82) is 0 Å². The molecule has 1 aliphatic heterocycles. The first-order chi connectivity index (χ1) is 11.7. The van der Waals surface area contributed by atoms with Crippen molar-refractivity contribution < 1.29 is 23.1 Å². The zero-order chi connectivity index (χ0) is 18.4. The fourth-order valence-electron chi connectivity index (χ4n) is 2.99. The second kappa shape index (κ2) is 6.34. The highest BCUT2D eigenvalue weighted by Crippen LogP contribution is 2.32. The number of hydrogen-bond donors (Lipinski definition) is 1. The molecule has 134 valence electrons. The molecule has 0 spiro atoms. The topological polar surface area (TPSA) is 58.4 Å². The molecule has 5 nitrogen and oxygen atoms in total. The van der Waals surface area contributed by atoms with Crippen LogP contribution in [-0.2, 0) is 11.3 Å². The predicted molar refractivity (Wildman–Crippen MR) is 84.5 cm³/mol. The number of alkyl halides is 3. The van der Waals surface area contributed by atoms with Gasteiger partial charge in [-0.3, -0.25) is 4.79 Å². The Morgan fingerprint density at radius 3 is 2.60 bits per heavy atom. The number of aliphatic hydroxyl groups is 1. The van der Waals surface area contributed by atoms with Crippen LogP contribution in [0.25, 0.3) is 5.69 Å². The number of halogens is 4. The SMILES string of the molecule is CC1CN(C(=O)C(O)C(F)(F)F)Cc2cnn(-c3ccc(Cl)cc3)c21. The van der Waals surface area contributed by atoms with E-state index in [2.05, 4.69) is 5.10 Å². The van der Waals surface area contributed by atoms with E-state index in [-0.39, 0.29) is 19.0 Å². The molecule has 2 heterocycles. The highest BCUT2D eigenvalue weighted by atomic mass is 35.5. The monoisotopic (exact) mass is 373 g/mol. The minimum absolute atomic E-state index is 0.0285. The molecule has 0 saturated carbocycles. The number of aromatic nitrogens is 2. The van der Waals surface area contributed by atoms with E-state index in [1.165, 1.54) is 6.20 Å². The average Bonchev–Trinajstić information content (AvgIpc) is 2.98. The summed E-state index contributed by atoms with van der Waals surface area (Å²) in [5.74, 6) is -1.59. The lowest BCUT2D eigenvalue weighted by Crippen LogP contribution is -2.48. The largest absolute Gasteiger partial charge is 0.423 e. The Labute approximate surface area is 146 Å². The van der Waals surface area contributed by atoms with Crippen LogP contribution in [0.4, 0.5) is 13.2 Å². The fraction of sp³-hybridized carbons (Fsp3) is 0.375. The summed E-state index contributed by atoms with van der Waals surface area (Å²) >= 11 is 5.88. The minimum atomic E-state index is -4.98. The van der Waals surface area contributed by atoms with Gasteiger partial charge in [-0.25, -0.2) is 4.68 Å². The first-order valence-corrected chi connectivity index (χ1v) is 7.92. The quantitative estimate of drug-likeness (QED) is 0.880. The maximum absolute atomic E-state index is 12.6. The van der Waals surface area contributed by atoms with Gasteiger partial charge in [-0.1, -0.05) is 18.5 Å². The standard InChI is InChI=1S/C16H15ClF3N3O2/c1-9-7-22(15(25)14(24)16(18,19)20)8-10-6-21-23(13(9)10)12-4-2-11(17)3-5-12/h2-6,9,14,24H,7-8H2,1H3. The van der Waals surface area contributed by atoms with Crippen LogP contribution in [0.1, 0.15) is 24.1 Å². The second-order valence-corrected chi connectivity index (χ2v) is 6.44. The lowest BCUT2D eigenvalue weighted by atomic mass is 9.97. The molecule has 2 aromatic rings. The third-order valence-electron chi connectivity index (χ3n) is 4.14. The van der Waals surface area contributed by atoms with Crippen LogP contribution in [0.15, 0.2) is 30.5 Å². The summed E-state index contributed by atoms with van der Waals surface area (Å²) < 4.78 is 39.4. The van der Waals surface area contributed by atoms with Crippen LogP contribution < -0.4 is 0 Å². The van der Waals surface area contributed by atoms with Crippen LogP contribution in [-0.4, -0.2) is 44.5 Å². The lowest BCUT2D eigenvalue weighted by molar-refractivity contribution is -0.211. The van der Waals surface area contributed by atoms with Crippen LogP contribution in [0, 0.1) is 0 Å². The van der Waals surface area contributed by atoms with E-state index in [1.54, 1.807) is 35.9 Å². The van der Waals surface area contributed by atoms with Crippen molar-refractivity contribution in [2.75, 3.05) is 6.54 Å². The van der Waals surface area contributed by atoms with E-state index in [4.69, 9.17) is 11.6 Å². The van der Waals surface area contributed by atoms with Gasteiger partial charge in [0, 0.05) is 29.6 Å². The summed E-state index contributed by atoms with van der Waals surface area (Å²) in [5.41, 5.74) is 2.25. The zero-order valence-electron chi connectivity index (χ0n) is 13.2. The summed E-state index contributed by atoms with van der Waals surface area (Å²) in [6.07, 6.45) is -6.46. The number of rotatable bonds is 2. The van der Waals surface area contributed by atoms with Gasteiger partial charge in [0.15, 0.2) is 0 Å². The molecular weight excluding hydrogens is 359 g/mol. The van der Waals surface area contributed by atoms with Gasteiger partial charge in [-0.05, 0) is 24.3 Å². The maximum atomic E-state index is 12.6. The molecule has 0 saturated heterocycles. The number of fused-ring (bicyclic) bond motifs is 1. The number of amides is 1.